The van der Waals surface area contributed by atoms with Crippen LogP contribution in [0.25, 0.3) is 0 Å². The van der Waals surface area contributed by atoms with Crippen LogP contribution in [0.5, 0.6) is 0 Å². The van der Waals surface area contributed by atoms with Crippen molar-refractivity contribution in [3.63, 3.8) is 0 Å². The molecule has 5 fully saturated rings. The number of aliphatic hydroxyl groups is 1. The minimum atomic E-state index is -0.909. The molecule has 0 aromatic rings. The molecule has 2 aliphatic heterocycles. The maximum absolute atomic E-state index is 11.8. The Morgan fingerprint density at radius 1 is 1.16 bits per heavy atom. The Balaban J connectivity index is 1.48. The summed E-state index contributed by atoms with van der Waals surface area (Å²) < 4.78 is 24.4. The van der Waals surface area contributed by atoms with Crippen LogP contribution in [0.4, 0.5) is 0 Å². The van der Waals surface area contributed by atoms with E-state index in [0.29, 0.717) is 18.9 Å². The van der Waals surface area contributed by atoms with Crippen molar-refractivity contribution in [1.29, 1.82) is 0 Å². The number of ether oxygens (including phenoxy) is 4. The van der Waals surface area contributed by atoms with Gasteiger partial charge >= 0.3 is 0 Å². The Hall–Kier alpha value is -0.690. The molecule has 6 heteroatoms. The molecule has 6 rings (SSSR count). The van der Waals surface area contributed by atoms with E-state index in [0.717, 1.165) is 24.8 Å². The summed E-state index contributed by atoms with van der Waals surface area (Å²) in [5, 5.41) is 11.8. The maximum Gasteiger partial charge on any atom is 0.227 e. The molecule has 5 nitrogen and oxygen atoms in total. The monoisotopic (exact) mass is 448 g/mol. The van der Waals surface area contributed by atoms with Gasteiger partial charge in [-0.15, -0.1) is 11.6 Å². The first-order valence-corrected chi connectivity index (χ1v) is 12.0. The summed E-state index contributed by atoms with van der Waals surface area (Å²) in [4.78, 5) is -0.761. The summed E-state index contributed by atoms with van der Waals surface area (Å²) in [6.07, 6.45) is 9.19. The topological polar surface area (TPSA) is 57.2 Å². The first-order valence-electron chi connectivity index (χ1n) is 11.6. The summed E-state index contributed by atoms with van der Waals surface area (Å²) in [7, 11) is 0. The van der Waals surface area contributed by atoms with E-state index in [4.69, 9.17) is 30.5 Å². The highest BCUT2D eigenvalue weighted by Gasteiger charge is 2.80. The Kier molecular flexibility index (Phi) is 4.21. The molecule has 4 aliphatic carbocycles. The lowest BCUT2D eigenvalue weighted by Crippen LogP contribution is -2.71. The second-order valence-corrected chi connectivity index (χ2v) is 11.7. The summed E-state index contributed by atoms with van der Waals surface area (Å²) in [6.45, 7) is 11.6. The number of rotatable bonds is 0. The average molecular weight is 449 g/mol. The number of hydrogen-bond acceptors (Lipinski definition) is 5. The van der Waals surface area contributed by atoms with Crippen molar-refractivity contribution < 1.29 is 24.1 Å². The van der Waals surface area contributed by atoms with E-state index in [1.165, 1.54) is 5.57 Å². The molecule has 2 saturated heterocycles. The van der Waals surface area contributed by atoms with E-state index in [9.17, 15) is 5.11 Å². The van der Waals surface area contributed by atoms with Crippen LogP contribution in [0.15, 0.2) is 36.0 Å². The molecule has 31 heavy (non-hydrogen) atoms. The van der Waals surface area contributed by atoms with Gasteiger partial charge in [-0.1, -0.05) is 51.2 Å². The van der Waals surface area contributed by atoms with Crippen LogP contribution in [0.1, 0.15) is 46.5 Å². The van der Waals surface area contributed by atoms with E-state index >= 15 is 0 Å². The zero-order valence-corrected chi connectivity index (χ0v) is 19.4. The van der Waals surface area contributed by atoms with E-state index < -0.39 is 27.8 Å². The molecule has 1 N–H and O–H groups in total. The molecule has 0 aromatic heterocycles. The molecule has 0 bridgehead atoms. The van der Waals surface area contributed by atoms with Gasteiger partial charge in [0.1, 0.15) is 12.2 Å². The first-order chi connectivity index (χ1) is 14.6. The fourth-order valence-electron chi connectivity index (χ4n) is 8.81. The minimum Gasteiger partial charge on any atom is -0.391 e. The lowest BCUT2D eigenvalue weighted by Gasteiger charge is -2.64. The van der Waals surface area contributed by atoms with Gasteiger partial charge in [0.15, 0.2) is 13.6 Å². The molecule has 0 amide bonds. The molecular weight excluding hydrogens is 416 g/mol. The molecule has 0 aromatic carbocycles. The molecule has 170 valence electrons. The highest BCUT2D eigenvalue weighted by molar-refractivity contribution is 6.26. The van der Waals surface area contributed by atoms with Gasteiger partial charge in [-0.25, -0.2) is 0 Å². The van der Waals surface area contributed by atoms with Gasteiger partial charge in [-0.3, -0.25) is 0 Å². The van der Waals surface area contributed by atoms with E-state index in [1.54, 1.807) is 0 Å². The normalized spacial score (nSPS) is 57.8. The van der Waals surface area contributed by atoms with Crippen molar-refractivity contribution >= 4 is 11.6 Å². The summed E-state index contributed by atoms with van der Waals surface area (Å²) >= 11 is 7.61. The smallest absolute Gasteiger partial charge is 0.227 e. The minimum absolute atomic E-state index is 0.159. The summed E-state index contributed by atoms with van der Waals surface area (Å²) in [6, 6.07) is 0. The third-order valence-corrected chi connectivity index (χ3v) is 11.0. The van der Waals surface area contributed by atoms with Gasteiger partial charge in [0.2, 0.25) is 5.79 Å². The zero-order valence-electron chi connectivity index (χ0n) is 18.7. The van der Waals surface area contributed by atoms with Gasteiger partial charge in [0.25, 0.3) is 0 Å². The van der Waals surface area contributed by atoms with Crippen molar-refractivity contribution in [2.45, 2.75) is 68.8 Å². The fourth-order valence-corrected chi connectivity index (χ4v) is 9.34. The Bertz CT molecular complexity index is 887. The Morgan fingerprint density at radius 2 is 1.94 bits per heavy atom. The fraction of sp³-hybridized carbons (Fsp3) is 0.760. The summed E-state index contributed by atoms with van der Waals surface area (Å²) in [5.41, 5.74) is 0.911. The van der Waals surface area contributed by atoms with Crippen molar-refractivity contribution in [2.75, 3.05) is 20.2 Å². The zero-order chi connectivity index (χ0) is 21.9. The van der Waals surface area contributed by atoms with Crippen LogP contribution in [-0.4, -0.2) is 47.7 Å². The Labute approximate surface area is 189 Å². The highest BCUT2D eigenvalue weighted by Crippen LogP contribution is 2.74. The molecule has 9 atom stereocenters. The molecule has 2 heterocycles. The summed E-state index contributed by atoms with van der Waals surface area (Å²) in [5.74, 6) is -0.257. The van der Waals surface area contributed by atoms with Gasteiger partial charge in [0, 0.05) is 10.8 Å². The molecule has 0 radical (unpaired) electrons. The van der Waals surface area contributed by atoms with Crippen molar-refractivity contribution in [1.82, 2.24) is 0 Å². The SMILES string of the molecule is C=C1C=C[C@@]2(C)C(=C1)CC[C@H]1[C@@H]3C[C@@H](C)[C@@]4(OCOC45COCO5)[C@@]3(C)C[C@H](O)[C@@]12Cl. The number of allylic oxidation sites excluding steroid dienone is 5. The Morgan fingerprint density at radius 3 is 2.68 bits per heavy atom. The van der Waals surface area contributed by atoms with E-state index in [1.807, 2.05) is 0 Å². The van der Waals surface area contributed by atoms with Crippen LogP contribution in [0.3, 0.4) is 0 Å². The van der Waals surface area contributed by atoms with Crippen LogP contribution in [0, 0.1) is 28.6 Å². The predicted octanol–water partition coefficient (Wildman–Crippen LogP) is 4.30. The predicted molar refractivity (Wildman–Crippen MR) is 116 cm³/mol. The number of fused-ring (bicyclic) bond motifs is 7. The van der Waals surface area contributed by atoms with E-state index in [2.05, 4.69) is 45.6 Å². The van der Waals surface area contributed by atoms with Gasteiger partial charge in [0.05, 0.1) is 11.0 Å². The van der Waals surface area contributed by atoms with Crippen molar-refractivity contribution in [3.8, 4) is 0 Å². The second kappa shape index (κ2) is 6.25. The third-order valence-electron chi connectivity index (χ3n) is 10.1. The van der Waals surface area contributed by atoms with Gasteiger partial charge in [-0.2, -0.15) is 0 Å². The highest BCUT2D eigenvalue weighted by atomic mass is 35.5. The van der Waals surface area contributed by atoms with Crippen LogP contribution < -0.4 is 0 Å². The molecule has 2 spiro atoms. The lowest BCUT2D eigenvalue weighted by atomic mass is 9.45. The van der Waals surface area contributed by atoms with E-state index in [-0.39, 0.29) is 30.8 Å². The third kappa shape index (κ3) is 2.13. The van der Waals surface area contributed by atoms with Gasteiger partial charge in [-0.05, 0) is 49.0 Å². The van der Waals surface area contributed by atoms with Crippen LogP contribution in [-0.2, 0) is 18.9 Å². The van der Waals surface area contributed by atoms with Crippen molar-refractivity contribution in [2.24, 2.45) is 28.6 Å². The number of halogens is 1. The standard InChI is InChI=1S/C25H33ClO5/c1-15-7-8-21(3)17(9-15)5-6-18-19-10-16(2)25(22(19,4)11-20(27)24(18,21)26)23(30-14-31-25)12-28-13-29-23/h7-9,16,18-20,27H,1,5-6,10-14H2,2-4H3/t16-,18+,19+,20+,21+,22+,23?,24+,25-/m1/s1. The van der Waals surface area contributed by atoms with Crippen LogP contribution in [0.2, 0.25) is 0 Å². The lowest BCUT2D eigenvalue weighted by molar-refractivity contribution is -0.264. The molecule has 6 aliphatic rings. The average Bonchev–Trinajstić information content (AvgIpc) is 3.40. The van der Waals surface area contributed by atoms with Gasteiger partial charge < -0.3 is 24.1 Å². The second-order valence-electron chi connectivity index (χ2n) is 11.1. The number of hydrogen-bond donors (Lipinski definition) is 1. The maximum atomic E-state index is 11.8. The molecular formula is C25H33ClO5. The quantitative estimate of drug-likeness (QED) is 0.560. The van der Waals surface area contributed by atoms with Crippen LogP contribution >= 0.6 is 11.6 Å². The number of aliphatic hydroxyl groups excluding tert-OH is 1. The molecule has 3 saturated carbocycles. The van der Waals surface area contributed by atoms with Crippen molar-refractivity contribution in [3.05, 3.63) is 36.0 Å². The number of alkyl halides is 1. The molecule has 1 unspecified atom stereocenters. The largest absolute Gasteiger partial charge is 0.391 e. The first kappa shape index (κ1) is 20.9.